The van der Waals surface area contributed by atoms with Crippen molar-refractivity contribution in [1.82, 2.24) is 15.5 Å². The number of rotatable bonds is 5. The molecule has 3 rings (SSSR count). The largest absolute Gasteiger partial charge is 0.355 e. The molecule has 0 amide bonds. The topological polar surface area (TPSA) is 39.7 Å². The highest BCUT2D eigenvalue weighted by atomic mass is 32.2. The van der Waals surface area contributed by atoms with Crippen molar-refractivity contribution in [3.8, 4) is 0 Å². The molecular formula is C18H34N4S2. The van der Waals surface area contributed by atoms with Crippen LogP contribution in [0.4, 0.5) is 0 Å². The summed E-state index contributed by atoms with van der Waals surface area (Å²) < 4.78 is 0. The molecule has 0 radical (unpaired) electrons. The highest BCUT2D eigenvalue weighted by Crippen LogP contribution is 2.34. The molecule has 1 unspecified atom stereocenters. The maximum atomic E-state index is 4.47. The van der Waals surface area contributed by atoms with Gasteiger partial charge in [0.2, 0.25) is 0 Å². The van der Waals surface area contributed by atoms with Crippen molar-refractivity contribution in [3.63, 3.8) is 0 Å². The van der Waals surface area contributed by atoms with Gasteiger partial charge in [-0.25, -0.2) is 0 Å². The first-order chi connectivity index (χ1) is 11.8. The molecule has 1 saturated carbocycles. The van der Waals surface area contributed by atoms with Crippen LogP contribution in [0.1, 0.15) is 44.9 Å². The molecule has 2 saturated heterocycles. The van der Waals surface area contributed by atoms with E-state index in [4.69, 9.17) is 0 Å². The van der Waals surface area contributed by atoms with Gasteiger partial charge in [0.1, 0.15) is 0 Å². The Balaban J connectivity index is 1.53. The average Bonchev–Trinajstić information content (AvgIpc) is 3.17. The van der Waals surface area contributed by atoms with Gasteiger partial charge in [-0.2, -0.15) is 23.5 Å². The fourth-order valence-corrected chi connectivity index (χ4v) is 6.44. The van der Waals surface area contributed by atoms with Crippen LogP contribution in [0.5, 0.6) is 0 Å². The maximum absolute atomic E-state index is 4.47. The summed E-state index contributed by atoms with van der Waals surface area (Å²) in [5, 5.41) is 8.02. The molecule has 1 aliphatic carbocycles. The predicted molar refractivity (Wildman–Crippen MR) is 110 cm³/mol. The standard InChI is InChI=1S/C18H34N4S2/c1-19-17(20-14-16-6-5-11-24-16)21-15-18(7-3-2-4-8-18)22-9-12-23-13-10-22/h16H,2-15H2,1H3,(H2,19,20,21). The summed E-state index contributed by atoms with van der Waals surface area (Å²) in [7, 11) is 1.90. The second-order valence-electron chi connectivity index (χ2n) is 7.33. The molecule has 4 nitrogen and oxygen atoms in total. The molecule has 3 aliphatic rings. The normalized spacial score (nSPS) is 28.7. The lowest BCUT2D eigenvalue weighted by atomic mass is 9.80. The van der Waals surface area contributed by atoms with Crippen molar-refractivity contribution in [2.75, 3.05) is 50.5 Å². The van der Waals surface area contributed by atoms with Crippen LogP contribution in [0.25, 0.3) is 0 Å². The van der Waals surface area contributed by atoms with E-state index < -0.39 is 0 Å². The molecule has 2 heterocycles. The van der Waals surface area contributed by atoms with Gasteiger partial charge >= 0.3 is 0 Å². The smallest absolute Gasteiger partial charge is 0.191 e. The molecule has 6 heteroatoms. The first-order valence-electron chi connectivity index (χ1n) is 9.71. The zero-order chi connectivity index (χ0) is 16.7. The molecule has 1 atom stereocenters. The van der Waals surface area contributed by atoms with E-state index in [1.165, 1.54) is 75.3 Å². The van der Waals surface area contributed by atoms with Gasteiger partial charge in [0.15, 0.2) is 5.96 Å². The SMILES string of the molecule is CN=C(NCC1CCCS1)NCC1(N2CCSCC2)CCCCC1. The number of guanidine groups is 1. The van der Waals surface area contributed by atoms with Crippen LogP contribution in [0.15, 0.2) is 4.99 Å². The molecule has 0 spiro atoms. The summed E-state index contributed by atoms with van der Waals surface area (Å²) in [4.78, 5) is 7.26. The Hall–Kier alpha value is -0.0700. The summed E-state index contributed by atoms with van der Waals surface area (Å²) in [5.41, 5.74) is 0.360. The second-order valence-corrected chi connectivity index (χ2v) is 9.96. The molecule has 0 bridgehead atoms. The monoisotopic (exact) mass is 370 g/mol. The van der Waals surface area contributed by atoms with Gasteiger partial charge in [0, 0.05) is 55.5 Å². The van der Waals surface area contributed by atoms with Crippen molar-refractivity contribution in [3.05, 3.63) is 0 Å². The van der Waals surface area contributed by atoms with E-state index in [-0.39, 0.29) is 0 Å². The minimum absolute atomic E-state index is 0.360. The minimum Gasteiger partial charge on any atom is -0.355 e. The number of nitrogens with zero attached hydrogens (tertiary/aromatic N) is 2. The van der Waals surface area contributed by atoms with E-state index in [1.807, 2.05) is 7.05 Å². The van der Waals surface area contributed by atoms with Gasteiger partial charge in [-0.1, -0.05) is 19.3 Å². The van der Waals surface area contributed by atoms with Gasteiger partial charge in [0.05, 0.1) is 0 Å². The third-order valence-corrected chi connectivity index (χ3v) is 8.14. The Kier molecular flexibility index (Phi) is 7.47. The lowest BCUT2D eigenvalue weighted by Gasteiger charge is -2.48. The van der Waals surface area contributed by atoms with Crippen LogP contribution < -0.4 is 10.6 Å². The Morgan fingerprint density at radius 2 is 1.88 bits per heavy atom. The van der Waals surface area contributed by atoms with Gasteiger partial charge < -0.3 is 10.6 Å². The molecule has 2 aliphatic heterocycles. The first kappa shape index (κ1) is 18.7. The number of hydrogen-bond donors (Lipinski definition) is 2. The highest BCUT2D eigenvalue weighted by molar-refractivity contribution is 8.00. The lowest BCUT2D eigenvalue weighted by molar-refractivity contribution is 0.0626. The Morgan fingerprint density at radius 3 is 2.54 bits per heavy atom. The molecule has 24 heavy (non-hydrogen) atoms. The van der Waals surface area contributed by atoms with Gasteiger partial charge in [-0.15, -0.1) is 0 Å². The molecule has 2 N–H and O–H groups in total. The maximum Gasteiger partial charge on any atom is 0.191 e. The van der Waals surface area contributed by atoms with E-state index in [0.29, 0.717) is 5.54 Å². The van der Waals surface area contributed by atoms with Crippen LogP contribution >= 0.6 is 23.5 Å². The van der Waals surface area contributed by atoms with E-state index in [2.05, 4.69) is 44.0 Å². The molecular weight excluding hydrogens is 336 g/mol. The third kappa shape index (κ3) is 4.98. The van der Waals surface area contributed by atoms with E-state index >= 15 is 0 Å². The van der Waals surface area contributed by atoms with Gasteiger partial charge in [-0.05, 0) is 31.4 Å². The predicted octanol–water partition coefficient (Wildman–Crippen LogP) is 2.80. The van der Waals surface area contributed by atoms with Crippen LogP contribution in [-0.2, 0) is 0 Å². The van der Waals surface area contributed by atoms with Crippen LogP contribution in [0.3, 0.4) is 0 Å². The van der Waals surface area contributed by atoms with Crippen LogP contribution in [0.2, 0.25) is 0 Å². The quantitative estimate of drug-likeness (QED) is 0.575. The summed E-state index contributed by atoms with van der Waals surface area (Å²) in [6.45, 7) is 4.63. The summed E-state index contributed by atoms with van der Waals surface area (Å²) >= 11 is 4.22. The van der Waals surface area contributed by atoms with E-state index in [0.717, 1.165) is 24.3 Å². The Labute approximate surface area is 156 Å². The van der Waals surface area contributed by atoms with Gasteiger partial charge in [0.25, 0.3) is 0 Å². The number of nitrogens with one attached hydrogen (secondary N) is 2. The zero-order valence-electron chi connectivity index (χ0n) is 15.2. The molecule has 0 aromatic rings. The molecule has 0 aromatic carbocycles. The van der Waals surface area contributed by atoms with Crippen LogP contribution in [0, 0.1) is 0 Å². The van der Waals surface area contributed by atoms with Crippen LogP contribution in [-0.4, -0.2) is 72.1 Å². The van der Waals surface area contributed by atoms with Gasteiger partial charge in [-0.3, -0.25) is 9.89 Å². The second kappa shape index (κ2) is 9.58. The fourth-order valence-electron chi connectivity index (χ4n) is 4.34. The number of aliphatic imine (C=N–C) groups is 1. The fraction of sp³-hybridized carbons (Fsp3) is 0.944. The zero-order valence-corrected chi connectivity index (χ0v) is 16.8. The Morgan fingerprint density at radius 1 is 1.08 bits per heavy atom. The lowest BCUT2D eigenvalue weighted by Crippen LogP contribution is -2.60. The summed E-state index contributed by atoms with van der Waals surface area (Å²) in [5.74, 6) is 4.93. The number of thioether (sulfide) groups is 2. The summed E-state index contributed by atoms with van der Waals surface area (Å²) in [6.07, 6.45) is 9.60. The van der Waals surface area contributed by atoms with E-state index in [9.17, 15) is 0 Å². The highest BCUT2D eigenvalue weighted by Gasteiger charge is 2.38. The summed E-state index contributed by atoms with van der Waals surface area (Å²) in [6, 6.07) is 0. The van der Waals surface area contributed by atoms with Crippen molar-refractivity contribution in [2.24, 2.45) is 4.99 Å². The third-order valence-electron chi connectivity index (χ3n) is 5.80. The molecule has 0 aromatic heterocycles. The molecule has 138 valence electrons. The Bertz CT molecular complexity index is 398. The number of hydrogen-bond acceptors (Lipinski definition) is 4. The molecule has 3 fully saturated rings. The van der Waals surface area contributed by atoms with Crippen molar-refractivity contribution in [2.45, 2.75) is 55.7 Å². The minimum atomic E-state index is 0.360. The average molecular weight is 371 g/mol. The van der Waals surface area contributed by atoms with E-state index in [1.54, 1.807) is 0 Å². The first-order valence-corrected chi connectivity index (χ1v) is 11.9. The van der Waals surface area contributed by atoms with Crippen molar-refractivity contribution < 1.29 is 0 Å². The van der Waals surface area contributed by atoms with Crippen molar-refractivity contribution in [1.29, 1.82) is 0 Å². The van der Waals surface area contributed by atoms with Crippen molar-refractivity contribution >= 4 is 29.5 Å².